The molecule has 2 heterocycles. The minimum Gasteiger partial charge on any atom is -0.454 e. The van der Waals surface area contributed by atoms with E-state index in [-0.39, 0.29) is 12.6 Å². The summed E-state index contributed by atoms with van der Waals surface area (Å²) in [6.07, 6.45) is 0. The van der Waals surface area contributed by atoms with Crippen molar-refractivity contribution in [3.63, 3.8) is 0 Å². The van der Waals surface area contributed by atoms with Crippen LogP contribution in [0.2, 0.25) is 0 Å². The van der Waals surface area contributed by atoms with Gasteiger partial charge in [0, 0.05) is 17.7 Å². The van der Waals surface area contributed by atoms with Crippen LogP contribution in [0.3, 0.4) is 0 Å². The van der Waals surface area contributed by atoms with E-state index in [0.29, 0.717) is 35.4 Å². The van der Waals surface area contributed by atoms with Gasteiger partial charge >= 0.3 is 0 Å². The molecule has 0 unspecified atom stereocenters. The Balaban J connectivity index is 1.44. The maximum Gasteiger partial charge on any atom is 0.247 e. The van der Waals surface area contributed by atoms with E-state index in [4.69, 9.17) is 13.9 Å². The van der Waals surface area contributed by atoms with Gasteiger partial charge in [0.25, 0.3) is 0 Å². The number of nitrogens with one attached hydrogen (secondary N) is 1. The summed E-state index contributed by atoms with van der Waals surface area (Å²) in [7, 11) is 0. The lowest BCUT2D eigenvalue weighted by Gasteiger charge is -2.16. The molecule has 1 aliphatic heterocycles. The van der Waals surface area contributed by atoms with Crippen LogP contribution in [0.5, 0.6) is 11.5 Å². The number of hydrogen-bond acceptors (Lipinski definition) is 6. The zero-order chi connectivity index (χ0) is 20.3. The van der Waals surface area contributed by atoms with Gasteiger partial charge in [0.2, 0.25) is 18.6 Å². The number of hydrogen-bond donors (Lipinski definition) is 1. The van der Waals surface area contributed by atoms with Crippen LogP contribution < -0.4 is 14.8 Å². The van der Waals surface area contributed by atoms with Crippen molar-refractivity contribution < 1.29 is 18.3 Å². The number of rotatable bonds is 6. The number of aromatic nitrogens is 2. The first-order valence-electron chi connectivity index (χ1n) is 9.53. The van der Waals surface area contributed by atoms with Gasteiger partial charge in [-0.25, -0.2) is 4.39 Å². The number of benzene rings is 3. The van der Waals surface area contributed by atoms with E-state index in [1.54, 1.807) is 18.2 Å². The fourth-order valence-corrected chi connectivity index (χ4v) is 3.36. The van der Waals surface area contributed by atoms with Gasteiger partial charge in [-0.15, -0.1) is 10.2 Å². The molecular weight excluding hydrogens is 385 g/mol. The van der Waals surface area contributed by atoms with Gasteiger partial charge in [-0.3, -0.25) is 5.32 Å². The Labute approximate surface area is 172 Å². The van der Waals surface area contributed by atoms with Gasteiger partial charge in [-0.2, -0.15) is 0 Å². The second kappa shape index (κ2) is 7.96. The number of nitrogens with zero attached hydrogens (tertiary/aromatic N) is 2. The molecule has 6 nitrogen and oxygen atoms in total. The Kier molecular flexibility index (Phi) is 4.86. The molecule has 5 rings (SSSR count). The monoisotopic (exact) mass is 403 g/mol. The lowest BCUT2D eigenvalue weighted by atomic mass is 10.1. The third kappa shape index (κ3) is 3.62. The van der Waals surface area contributed by atoms with Crippen LogP contribution in [-0.2, 0) is 6.54 Å². The van der Waals surface area contributed by atoms with Gasteiger partial charge < -0.3 is 13.9 Å². The van der Waals surface area contributed by atoms with Gasteiger partial charge in [0.15, 0.2) is 11.5 Å². The lowest BCUT2D eigenvalue weighted by molar-refractivity contribution is 0.174. The molecule has 1 aliphatic rings. The van der Waals surface area contributed by atoms with E-state index in [9.17, 15) is 4.39 Å². The third-order valence-electron chi connectivity index (χ3n) is 4.87. The highest BCUT2D eigenvalue weighted by molar-refractivity contribution is 5.52. The average molecular weight is 403 g/mol. The summed E-state index contributed by atoms with van der Waals surface area (Å²) in [5, 5.41) is 11.7. The molecule has 30 heavy (non-hydrogen) atoms. The highest BCUT2D eigenvalue weighted by atomic mass is 19.1. The molecule has 0 aliphatic carbocycles. The van der Waals surface area contributed by atoms with Crippen LogP contribution in [0.25, 0.3) is 11.5 Å². The van der Waals surface area contributed by atoms with E-state index in [2.05, 4.69) is 15.5 Å². The summed E-state index contributed by atoms with van der Waals surface area (Å²) in [6.45, 7) is 0.660. The number of ether oxygens (including phenoxy) is 2. The Morgan fingerprint density at radius 1 is 0.900 bits per heavy atom. The molecule has 0 saturated carbocycles. The molecule has 150 valence electrons. The molecule has 3 aromatic carbocycles. The average Bonchev–Trinajstić information content (AvgIpc) is 3.45. The quantitative estimate of drug-likeness (QED) is 0.512. The normalized spacial score (nSPS) is 13.4. The molecule has 1 N–H and O–H groups in total. The predicted molar refractivity (Wildman–Crippen MR) is 107 cm³/mol. The molecule has 0 radical (unpaired) electrons. The van der Waals surface area contributed by atoms with Crippen LogP contribution >= 0.6 is 0 Å². The highest BCUT2D eigenvalue weighted by Gasteiger charge is 2.24. The Hall–Kier alpha value is -3.71. The van der Waals surface area contributed by atoms with Gasteiger partial charge in [0.1, 0.15) is 11.9 Å². The van der Waals surface area contributed by atoms with E-state index in [1.165, 1.54) is 6.07 Å². The van der Waals surface area contributed by atoms with Gasteiger partial charge in [0.05, 0.1) is 0 Å². The minimum absolute atomic E-state index is 0.217. The summed E-state index contributed by atoms with van der Waals surface area (Å²) in [6, 6.07) is 21.1. The van der Waals surface area contributed by atoms with Crippen molar-refractivity contribution in [1.29, 1.82) is 0 Å². The molecular formula is C23H18FN3O3. The van der Waals surface area contributed by atoms with E-state index in [1.807, 2.05) is 48.5 Å². The summed E-state index contributed by atoms with van der Waals surface area (Å²) in [5.74, 6) is 1.74. The van der Waals surface area contributed by atoms with E-state index < -0.39 is 6.04 Å². The molecule has 0 bridgehead atoms. The van der Waals surface area contributed by atoms with Crippen LogP contribution in [-0.4, -0.2) is 17.0 Å². The fourth-order valence-electron chi connectivity index (χ4n) is 3.36. The molecule has 1 atom stereocenters. The minimum atomic E-state index is -0.610. The smallest absolute Gasteiger partial charge is 0.247 e. The number of halogens is 1. The predicted octanol–water partition coefficient (Wildman–Crippen LogP) is 4.48. The maximum atomic E-state index is 14.6. The van der Waals surface area contributed by atoms with Crippen molar-refractivity contribution in [2.75, 3.05) is 6.79 Å². The first-order chi connectivity index (χ1) is 14.8. The van der Waals surface area contributed by atoms with E-state index in [0.717, 1.165) is 11.1 Å². The SMILES string of the molecule is Fc1ccccc1[C@H](NCc1ccc2c(c1)OCO2)c1nnc(-c2ccccc2)o1. The molecule has 0 saturated heterocycles. The molecule has 1 aromatic heterocycles. The summed E-state index contributed by atoms with van der Waals surface area (Å²) >= 11 is 0. The molecule has 0 amide bonds. The van der Waals surface area contributed by atoms with Crippen molar-refractivity contribution in [1.82, 2.24) is 15.5 Å². The van der Waals surface area contributed by atoms with Gasteiger partial charge in [-0.1, -0.05) is 42.5 Å². The summed E-state index contributed by atoms with van der Waals surface area (Å²) < 4.78 is 31.3. The van der Waals surface area contributed by atoms with Crippen molar-refractivity contribution in [3.05, 3.63) is 95.6 Å². The maximum absolute atomic E-state index is 14.6. The lowest BCUT2D eigenvalue weighted by Crippen LogP contribution is -2.23. The largest absolute Gasteiger partial charge is 0.454 e. The van der Waals surface area contributed by atoms with Crippen molar-refractivity contribution in [2.24, 2.45) is 0 Å². The third-order valence-corrected chi connectivity index (χ3v) is 4.87. The van der Waals surface area contributed by atoms with Crippen LogP contribution in [0.4, 0.5) is 4.39 Å². The first kappa shape index (κ1) is 18.3. The summed E-state index contributed by atoms with van der Waals surface area (Å²) in [4.78, 5) is 0. The van der Waals surface area contributed by atoms with Crippen molar-refractivity contribution >= 4 is 0 Å². The zero-order valence-corrected chi connectivity index (χ0v) is 15.9. The molecule has 0 spiro atoms. The second-order valence-corrected chi connectivity index (χ2v) is 6.83. The highest BCUT2D eigenvalue weighted by Crippen LogP contribution is 2.33. The summed E-state index contributed by atoms with van der Waals surface area (Å²) in [5.41, 5.74) is 2.20. The molecule has 0 fully saturated rings. The second-order valence-electron chi connectivity index (χ2n) is 6.83. The fraction of sp³-hybridized carbons (Fsp3) is 0.130. The van der Waals surface area contributed by atoms with E-state index >= 15 is 0 Å². The Morgan fingerprint density at radius 2 is 1.70 bits per heavy atom. The number of fused-ring (bicyclic) bond motifs is 1. The zero-order valence-electron chi connectivity index (χ0n) is 15.9. The van der Waals surface area contributed by atoms with Crippen molar-refractivity contribution in [3.8, 4) is 23.0 Å². The Bertz CT molecular complexity index is 1160. The topological polar surface area (TPSA) is 69.4 Å². The molecule has 4 aromatic rings. The van der Waals surface area contributed by atoms with Crippen LogP contribution in [0.15, 0.2) is 77.2 Å². The molecule has 7 heteroatoms. The van der Waals surface area contributed by atoms with Gasteiger partial charge in [-0.05, 0) is 35.9 Å². The Morgan fingerprint density at radius 3 is 2.57 bits per heavy atom. The van der Waals surface area contributed by atoms with Crippen molar-refractivity contribution in [2.45, 2.75) is 12.6 Å². The van der Waals surface area contributed by atoms with Crippen LogP contribution in [0, 0.1) is 5.82 Å². The standard InChI is InChI=1S/C23H18FN3O3/c24-18-9-5-4-8-17(18)21(23-27-26-22(30-23)16-6-2-1-3-7-16)25-13-15-10-11-19-20(12-15)29-14-28-19/h1-12,21,25H,13-14H2/t21-/m0/s1. The first-order valence-corrected chi connectivity index (χ1v) is 9.53. The van der Waals surface area contributed by atoms with Crippen LogP contribution in [0.1, 0.15) is 23.1 Å².